The number of nitrogens with zero attached hydrogens (tertiary/aromatic N) is 4. The summed E-state index contributed by atoms with van der Waals surface area (Å²) >= 11 is 0. The third-order valence-electron chi connectivity index (χ3n) is 6.56. The number of amides is 1. The van der Waals surface area contributed by atoms with E-state index in [9.17, 15) is 14.4 Å². The molecular formula is C21H24N4O3. The van der Waals surface area contributed by atoms with Crippen LogP contribution in [-0.2, 0) is 24.3 Å². The fourth-order valence-corrected chi connectivity index (χ4v) is 4.72. The maximum absolute atomic E-state index is 12.7. The molecule has 1 aromatic heterocycles. The minimum atomic E-state index is -0.507. The minimum absolute atomic E-state index is 0.0423. The number of benzene rings is 1. The third-order valence-corrected chi connectivity index (χ3v) is 6.56. The van der Waals surface area contributed by atoms with Gasteiger partial charge in [0.2, 0.25) is 5.91 Å². The van der Waals surface area contributed by atoms with Crippen molar-refractivity contribution in [1.29, 1.82) is 0 Å². The van der Waals surface area contributed by atoms with Crippen LogP contribution in [0, 0.1) is 11.8 Å². The molecule has 2 aromatic rings. The summed E-state index contributed by atoms with van der Waals surface area (Å²) in [5.41, 5.74) is 0.0437. The molecule has 1 saturated heterocycles. The maximum atomic E-state index is 12.7. The second-order valence-corrected chi connectivity index (χ2v) is 8.39. The van der Waals surface area contributed by atoms with E-state index in [0.717, 1.165) is 18.4 Å². The van der Waals surface area contributed by atoms with Crippen molar-refractivity contribution in [3.05, 3.63) is 62.4 Å². The van der Waals surface area contributed by atoms with E-state index in [0.29, 0.717) is 44.3 Å². The van der Waals surface area contributed by atoms with Crippen LogP contribution in [0.1, 0.15) is 36.6 Å². The van der Waals surface area contributed by atoms with Crippen LogP contribution in [0.2, 0.25) is 0 Å². The molecule has 1 aromatic carbocycles. The van der Waals surface area contributed by atoms with Gasteiger partial charge in [-0.2, -0.15) is 5.10 Å². The Morgan fingerprint density at radius 3 is 2.54 bits per heavy atom. The number of likely N-dealkylation sites (tertiary alicyclic amines) is 1. The second-order valence-electron chi connectivity index (χ2n) is 8.39. The van der Waals surface area contributed by atoms with Gasteiger partial charge in [0.05, 0.1) is 6.42 Å². The van der Waals surface area contributed by atoms with Crippen LogP contribution < -0.4 is 11.1 Å². The van der Waals surface area contributed by atoms with Gasteiger partial charge in [0, 0.05) is 38.0 Å². The molecule has 0 N–H and O–H groups in total. The van der Waals surface area contributed by atoms with Gasteiger partial charge in [-0.3, -0.25) is 19.0 Å². The van der Waals surface area contributed by atoms with Gasteiger partial charge in [0.25, 0.3) is 0 Å². The summed E-state index contributed by atoms with van der Waals surface area (Å²) in [5.74, 6) is 1.46. The van der Waals surface area contributed by atoms with Crippen molar-refractivity contribution >= 4 is 5.91 Å². The number of hydrogen-bond acceptors (Lipinski definition) is 4. The highest BCUT2D eigenvalue weighted by Crippen LogP contribution is 2.37. The molecule has 2 aliphatic heterocycles. The van der Waals surface area contributed by atoms with Crippen LogP contribution in [0.4, 0.5) is 0 Å². The zero-order chi connectivity index (χ0) is 19.3. The van der Waals surface area contributed by atoms with E-state index in [2.05, 4.69) is 5.10 Å². The number of hydrogen-bond donors (Lipinski definition) is 0. The van der Waals surface area contributed by atoms with Crippen molar-refractivity contribution in [3.8, 4) is 0 Å². The molecular weight excluding hydrogens is 356 g/mol. The summed E-state index contributed by atoms with van der Waals surface area (Å²) in [6, 6.07) is 9.75. The van der Waals surface area contributed by atoms with Gasteiger partial charge in [0.15, 0.2) is 0 Å². The Morgan fingerprint density at radius 2 is 1.82 bits per heavy atom. The highest BCUT2D eigenvalue weighted by molar-refractivity contribution is 5.79. The molecule has 1 saturated carbocycles. The number of carbonyl (C=O) groups excluding carboxylic acids is 1. The Bertz CT molecular complexity index is 1020. The highest BCUT2D eigenvalue weighted by Gasteiger charge is 2.44. The van der Waals surface area contributed by atoms with Gasteiger partial charge < -0.3 is 4.90 Å². The summed E-state index contributed by atoms with van der Waals surface area (Å²) in [6.07, 6.45) is 3.77. The lowest BCUT2D eigenvalue weighted by molar-refractivity contribution is -0.129. The molecule has 146 valence electrons. The summed E-state index contributed by atoms with van der Waals surface area (Å²) in [5, 5.41) is 4.59. The summed E-state index contributed by atoms with van der Waals surface area (Å²) in [4.78, 5) is 39.6. The van der Waals surface area contributed by atoms with Crippen LogP contribution in [-0.4, -0.2) is 38.2 Å². The zero-order valence-corrected chi connectivity index (χ0v) is 15.8. The summed E-state index contributed by atoms with van der Waals surface area (Å²) in [6.45, 7) is 2.22. The van der Waals surface area contributed by atoms with E-state index in [4.69, 9.17) is 0 Å². The quantitative estimate of drug-likeness (QED) is 0.742. The molecule has 3 heterocycles. The molecule has 2 fully saturated rings. The van der Waals surface area contributed by atoms with Gasteiger partial charge in [-0.25, -0.2) is 4.68 Å². The van der Waals surface area contributed by atoms with E-state index in [-0.39, 0.29) is 17.7 Å². The van der Waals surface area contributed by atoms with Gasteiger partial charge >= 0.3 is 11.1 Å². The van der Waals surface area contributed by atoms with Gasteiger partial charge in [-0.15, -0.1) is 0 Å². The first-order valence-corrected chi connectivity index (χ1v) is 10.1. The molecule has 0 unspecified atom stereocenters. The topological polar surface area (TPSA) is 77.2 Å². The second kappa shape index (κ2) is 6.72. The number of aromatic nitrogens is 3. The first-order chi connectivity index (χ1) is 13.6. The molecule has 2 atom stereocenters. The Balaban J connectivity index is 1.36. The van der Waals surface area contributed by atoms with Gasteiger partial charge in [-0.05, 0) is 24.3 Å². The normalized spacial score (nSPS) is 23.4. The molecule has 0 spiro atoms. The monoisotopic (exact) mass is 380 g/mol. The van der Waals surface area contributed by atoms with Crippen molar-refractivity contribution < 1.29 is 4.79 Å². The van der Waals surface area contributed by atoms with Crippen molar-refractivity contribution in [2.24, 2.45) is 11.8 Å². The van der Waals surface area contributed by atoms with Crippen LogP contribution in [0.25, 0.3) is 0 Å². The van der Waals surface area contributed by atoms with Crippen molar-refractivity contribution in [2.45, 2.75) is 44.7 Å². The molecule has 1 aliphatic carbocycles. The number of rotatable bonds is 4. The smallest absolute Gasteiger partial charge is 0.332 e. The van der Waals surface area contributed by atoms with Crippen LogP contribution in [0.3, 0.4) is 0 Å². The number of carbonyl (C=O) groups is 1. The Morgan fingerprint density at radius 1 is 1.04 bits per heavy atom. The van der Waals surface area contributed by atoms with E-state index >= 15 is 0 Å². The lowest BCUT2D eigenvalue weighted by atomic mass is 9.85. The lowest BCUT2D eigenvalue weighted by Crippen LogP contribution is -2.45. The van der Waals surface area contributed by atoms with Crippen molar-refractivity contribution in [1.82, 2.24) is 19.2 Å². The van der Waals surface area contributed by atoms with Crippen molar-refractivity contribution in [3.63, 3.8) is 0 Å². The van der Waals surface area contributed by atoms with Crippen molar-refractivity contribution in [2.75, 3.05) is 13.1 Å². The van der Waals surface area contributed by atoms with Crippen LogP contribution >= 0.6 is 0 Å². The van der Waals surface area contributed by atoms with E-state index in [1.54, 1.807) is 4.57 Å². The largest absolute Gasteiger partial charge is 0.341 e. The Kier molecular flexibility index (Phi) is 4.18. The SMILES string of the molecule is O=C(Cc1ccccc1)N1C[C@@H]2Cn3c(nn(CC4CCC4)c(=O)c3=O)[C@H]2C1. The standard InChI is InChI=1S/C21H24N4O3/c26-18(9-14-5-2-1-3-6-14)23-11-16-12-24-19(17(16)13-23)22-25(21(28)20(24)27)10-15-7-4-8-15/h1-3,5-6,15-17H,4,7-13H2/t16-,17+/m1/s1. The van der Waals surface area contributed by atoms with E-state index in [1.165, 1.54) is 11.1 Å². The Labute approximate surface area is 162 Å². The van der Waals surface area contributed by atoms with Crippen LogP contribution in [0.5, 0.6) is 0 Å². The minimum Gasteiger partial charge on any atom is -0.341 e. The third kappa shape index (κ3) is 2.89. The molecule has 0 bridgehead atoms. The predicted octanol–water partition coefficient (Wildman–Crippen LogP) is 1.00. The van der Waals surface area contributed by atoms with Gasteiger partial charge in [-0.1, -0.05) is 36.8 Å². The average molecular weight is 380 g/mol. The fraction of sp³-hybridized carbons (Fsp3) is 0.524. The first-order valence-electron chi connectivity index (χ1n) is 10.1. The first kappa shape index (κ1) is 17.4. The van der Waals surface area contributed by atoms with E-state index in [1.807, 2.05) is 35.2 Å². The zero-order valence-electron chi connectivity index (χ0n) is 15.8. The van der Waals surface area contributed by atoms with E-state index < -0.39 is 11.1 Å². The molecule has 7 nitrogen and oxygen atoms in total. The molecule has 1 amide bonds. The number of fused-ring (bicyclic) bond motifs is 3. The molecule has 7 heteroatoms. The van der Waals surface area contributed by atoms with Crippen LogP contribution in [0.15, 0.2) is 39.9 Å². The predicted molar refractivity (Wildman–Crippen MR) is 103 cm³/mol. The van der Waals surface area contributed by atoms with Gasteiger partial charge in [0.1, 0.15) is 5.82 Å². The molecule has 0 radical (unpaired) electrons. The average Bonchev–Trinajstić information content (AvgIpc) is 3.21. The fourth-order valence-electron chi connectivity index (χ4n) is 4.72. The summed E-state index contributed by atoms with van der Waals surface area (Å²) in [7, 11) is 0. The Hall–Kier alpha value is -2.70. The molecule has 3 aliphatic rings. The lowest BCUT2D eigenvalue weighted by Gasteiger charge is -2.25. The summed E-state index contributed by atoms with van der Waals surface area (Å²) < 4.78 is 2.93. The molecule has 28 heavy (non-hydrogen) atoms. The molecule has 5 rings (SSSR count). The maximum Gasteiger partial charge on any atom is 0.332 e. The highest BCUT2D eigenvalue weighted by atomic mass is 16.2.